The molecule has 106 valence electrons. The van der Waals surface area contributed by atoms with Crippen LogP contribution in [0.3, 0.4) is 0 Å². The highest BCUT2D eigenvalue weighted by Gasteiger charge is 2.23. The predicted molar refractivity (Wildman–Crippen MR) is 79.5 cm³/mol. The molecular formula is C16H22N4. The normalized spacial score (nSPS) is 18.6. The van der Waals surface area contributed by atoms with Crippen molar-refractivity contribution < 1.29 is 0 Å². The van der Waals surface area contributed by atoms with Crippen LogP contribution in [0.5, 0.6) is 0 Å². The minimum Gasteiger partial charge on any atom is -0.322 e. The molecule has 1 heterocycles. The Kier molecular flexibility index (Phi) is 4.11. The molecule has 0 aliphatic heterocycles. The molecule has 0 amide bonds. The average Bonchev–Trinajstić information content (AvgIpc) is 2.83. The van der Waals surface area contributed by atoms with Gasteiger partial charge in [0.1, 0.15) is 5.69 Å². The molecule has 2 aromatic rings. The lowest BCUT2D eigenvalue weighted by molar-refractivity contribution is 0.375. The first-order valence-electron chi connectivity index (χ1n) is 7.58. The lowest BCUT2D eigenvalue weighted by atomic mass is 9.91. The van der Waals surface area contributed by atoms with Gasteiger partial charge >= 0.3 is 0 Å². The highest BCUT2D eigenvalue weighted by molar-refractivity contribution is 5.28. The Morgan fingerprint density at radius 2 is 1.75 bits per heavy atom. The van der Waals surface area contributed by atoms with Crippen LogP contribution >= 0.6 is 0 Å². The van der Waals surface area contributed by atoms with Gasteiger partial charge in [0.05, 0.1) is 17.9 Å². The van der Waals surface area contributed by atoms with Crippen LogP contribution in [0, 0.1) is 5.92 Å². The van der Waals surface area contributed by atoms with Crippen molar-refractivity contribution in [2.75, 3.05) is 0 Å². The number of benzene rings is 1. The zero-order valence-corrected chi connectivity index (χ0v) is 11.8. The molecule has 0 spiro atoms. The molecule has 1 atom stereocenters. The maximum absolute atomic E-state index is 6.41. The Morgan fingerprint density at radius 3 is 2.45 bits per heavy atom. The molecule has 4 nitrogen and oxygen atoms in total. The van der Waals surface area contributed by atoms with Crippen molar-refractivity contribution in [2.24, 2.45) is 11.7 Å². The average molecular weight is 270 g/mol. The van der Waals surface area contributed by atoms with Gasteiger partial charge in [0.15, 0.2) is 0 Å². The molecule has 0 bridgehead atoms. The summed E-state index contributed by atoms with van der Waals surface area (Å²) in [6, 6.07) is 9.99. The summed E-state index contributed by atoms with van der Waals surface area (Å²) < 4.78 is 0. The fraction of sp³-hybridized carbons (Fsp3) is 0.500. The zero-order valence-electron chi connectivity index (χ0n) is 11.8. The topological polar surface area (TPSA) is 56.7 Å². The van der Waals surface area contributed by atoms with Crippen LogP contribution < -0.4 is 5.73 Å². The molecule has 1 fully saturated rings. The molecule has 2 N–H and O–H groups in total. The van der Waals surface area contributed by atoms with Gasteiger partial charge < -0.3 is 5.73 Å². The van der Waals surface area contributed by atoms with Crippen LogP contribution in [0.15, 0.2) is 36.5 Å². The summed E-state index contributed by atoms with van der Waals surface area (Å²) in [5.41, 5.74) is 8.31. The second kappa shape index (κ2) is 6.18. The van der Waals surface area contributed by atoms with Gasteiger partial charge in [-0.2, -0.15) is 15.0 Å². The van der Waals surface area contributed by atoms with Crippen LogP contribution in [-0.2, 0) is 0 Å². The van der Waals surface area contributed by atoms with Crippen molar-refractivity contribution in [3.63, 3.8) is 0 Å². The molecule has 1 aliphatic carbocycles. The molecule has 0 radical (unpaired) electrons. The quantitative estimate of drug-likeness (QED) is 0.871. The van der Waals surface area contributed by atoms with Crippen molar-refractivity contribution in [3.8, 4) is 5.69 Å². The number of aromatic nitrogens is 3. The predicted octanol–water partition coefficient (Wildman–Crippen LogP) is 3.24. The van der Waals surface area contributed by atoms with Crippen molar-refractivity contribution in [1.29, 1.82) is 0 Å². The first-order valence-corrected chi connectivity index (χ1v) is 7.58. The number of nitrogens with two attached hydrogens (primary N) is 1. The van der Waals surface area contributed by atoms with Gasteiger partial charge in [-0.25, -0.2) is 0 Å². The number of hydrogen-bond donors (Lipinski definition) is 1. The van der Waals surface area contributed by atoms with Crippen molar-refractivity contribution in [1.82, 2.24) is 15.0 Å². The molecule has 20 heavy (non-hydrogen) atoms. The van der Waals surface area contributed by atoms with Crippen LogP contribution in [0.2, 0.25) is 0 Å². The van der Waals surface area contributed by atoms with Gasteiger partial charge in [-0.1, -0.05) is 43.9 Å². The summed E-state index contributed by atoms with van der Waals surface area (Å²) in [6.07, 6.45) is 9.55. The van der Waals surface area contributed by atoms with E-state index >= 15 is 0 Å². The summed E-state index contributed by atoms with van der Waals surface area (Å²) in [5, 5.41) is 8.92. The van der Waals surface area contributed by atoms with E-state index in [2.05, 4.69) is 10.2 Å². The Hall–Kier alpha value is -1.68. The highest BCUT2D eigenvalue weighted by atomic mass is 15.5. The SMILES string of the molecule is NC(c1cnn(-c2ccccc2)n1)C1CCCCCC1. The Morgan fingerprint density at radius 1 is 1.05 bits per heavy atom. The van der Waals surface area contributed by atoms with E-state index in [1.165, 1.54) is 38.5 Å². The third-order valence-corrected chi connectivity index (χ3v) is 4.25. The van der Waals surface area contributed by atoms with Crippen LogP contribution in [0.25, 0.3) is 5.69 Å². The molecule has 4 heteroatoms. The number of rotatable bonds is 3. The summed E-state index contributed by atoms with van der Waals surface area (Å²) in [4.78, 5) is 1.67. The van der Waals surface area contributed by atoms with Gasteiger partial charge in [-0.05, 0) is 30.9 Å². The van der Waals surface area contributed by atoms with E-state index in [4.69, 9.17) is 5.73 Å². The van der Waals surface area contributed by atoms with Gasteiger partial charge in [-0.15, -0.1) is 0 Å². The van der Waals surface area contributed by atoms with Crippen LogP contribution in [-0.4, -0.2) is 15.0 Å². The lowest BCUT2D eigenvalue weighted by Crippen LogP contribution is -2.21. The summed E-state index contributed by atoms with van der Waals surface area (Å²) in [7, 11) is 0. The number of para-hydroxylation sites is 1. The fourth-order valence-corrected chi connectivity index (χ4v) is 3.02. The second-order valence-electron chi connectivity index (χ2n) is 5.67. The van der Waals surface area contributed by atoms with E-state index in [1.54, 1.807) is 4.80 Å². The third kappa shape index (κ3) is 2.90. The van der Waals surface area contributed by atoms with Gasteiger partial charge in [0.2, 0.25) is 0 Å². The van der Waals surface area contributed by atoms with Crippen molar-refractivity contribution in [2.45, 2.75) is 44.6 Å². The van der Waals surface area contributed by atoms with Crippen LogP contribution in [0.4, 0.5) is 0 Å². The highest BCUT2D eigenvalue weighted by Crippen LogP contribution is 2.31. The zero-order chi connectivity index (χ0) is 13.8. The molecular weight excluding hydrogens is 248 g/mol. The van der Waals surface area contributed by atoms with Gasteiger partial charge in [-0.3, -0.25) is 0 Å². The summed E-state index contributed by atoms with van der Waals surface area (Å²) in [6.45, 7) is 0. The first-order chi connectivity index (χ1) is 9.84. The molecule has 1 unspecified atom stereocenters. The first kappa shape index (κ1) is 13.3. The minimum absolute atomic E-state index is 0.0190. The van der Waals surface area contributed by atoms with E-state index in [0.29, 0.717) is 5.92 Å². The monoisotopic (exact) mass is 270 g/mol. The fourth-order valence-electron chi connectivity index (χ4n) is 3.02. The van der Waals surface area contributed by atoms with Crippen LogP contribution in [0.1, 0.15) is 50.3 Å². The molecule has 3 rings (SSSR count). The van der Waals surface area contributed by atoms with E-state index in [9.17, 15) is 0 Å². The molecule has 1 aromatic heterocycles. The van der Waals surface area contributed by atoms with Crippen molar-refractivity contribution in [3.05, 3.63) is 42.2 Å². The standard InChI is InChI=1S/C16H22N4/c17-16(13-8-4-1-2-5-9-13)15-12-18-20(19-15)14-10-6-3-7-11-14/h3,6-7,10-13,16H,1-2,4-5,8-9,17H2. The Balaban J connectivity index is 1.75. The Bertz CT molecular complexity index is 526. The molecule has 1 aliphatic rings. The third-order valence-electron chi connectivity index (χ3n) is 4.25. The van der Waals surface area contributed by atoms with Gasteiger partial charge in [0.25, 0.3) is 0 Å². The minimum atomic E-state index is 0.0190. The summed E-state index contributed by atoms with van der Waals surface area (Å²) in [5.74, 6) is 0.554. The number of hydrogen-bond acceptors (Lipinski definition) is 3. The smallest absolute Gasteiger partial charge is 0.100 e. The molecule has 1 aromatic carbocycles. The van der Waals surface area contributed by atoms with E-state index in [-0.39, 0.29) is 6.04 Å². The summed E-state index contributed by atoms with van der Waals surface area (Å²) >= 11 is 0. The van der Waals surface area contributed by atoms with E-state index in [0.717, 1.165) is 11.4 Å². The number of nitrogens with zero attached hydrogens (tertiary/aromatic N) is 3. The largest absolute Gasteiger partial charge is 0.322 e. The lowest BCUT2D eigenvalue weighted by Gasteiger charge is -2.19. The Labute approximate surface area is 120 Å². The maximum Gasteiger partial charge on any atom is 0.100 e. The molecule has 0 saturated heterocycles. The van der Waals surface area contributed by atoms with Gasteiger partial charge in [0, 0.05) is 0 Å². The van der Waals surface area contributed by atoms with E-state index < -0.39 is 0 Å². The van der Waals surface area contributed by atoms with Crippen molar-refractivity contribution >= 4 is 0 Å². The maximum atomic E-state index is 6.41. The second-order valence-corrected chi connectivity index (χ2v) is 5.67. The van der Waals surface area contributed by atoms with E-state index in [1.807, 2.05) is 36.5 Å². The molecule has 1 saturated carbocycles.